The van der Waals surface area contributed by atoms with Crippen LogP contribution in [0.1, 0.15) is 44.3 Å². The van der Waals surface area contributed by atoms with Crippen molar-refractivity contribution in [2.75, 3.05) is 26.3 Å². The Labute approximate surface area is 126 Å². The van der Waals surface area contributed by atoms with E-state index in [9.17, 15) is 5.11 Å². The summed E-state index contributed by atoms with van der Waals surface area (Å²) in [6.07, 6.45) is 4.60. The van der Waals surface area contributed by atoms with E-state index < -0.39 is 6.10 Å². The molecule has 0 aromatic heterocycles. The first-order valence-corrected chi connectivity index (χ1v) is 8.06. The van der Waals surface area contributed by atoms with Crippen molar-refractivity contribution in [3.05, 3.63) is 23.8 Å². The fourth-order valence-corrected chi connectivity index (χ4v) is 3.20. The second-order valence-electron chi connectivity index (χ2n) is 6.11. The molecule has 1 fully saturated rings. The molecule has 21 heavy (non-hydrogen) atoms. The highest BCUT2D eigenvalue weighted by atomic mass is 16.6. The van der Waals surface area contributed by atoms with Crippen LogP contribution in [0.4, 0.5) is 0 Å². The van der Waals surface area contributed by atoms with E-state index in [0.717, 1.165) is 23.6 Å². The van der Waals surface area contributed by atoms with Gasteiger partial charge in [-0.25, -0.2) is 0 Å². The minimum Gasteiger partial charge on any atom is -0.486 e. The van der Waals surface area contributed by atoms with E-state index in [2.05, 4.69) is 11.8 Å². The molecule has 3 rings (SSSR count). The van der Waals surface area contributed by atoms with Crippen LogP contribution in [-0.4, -0.2) is 42.4 Å². The van der Waals surface area contributed by atoms with Gasteiger partial charge in [0.25, 0.3) is 0 Å². The minimum atomic E-state index is -0.471. The largest absolute Gasteiger partial charge is 0.486 e. The Bertz CT molecular complexity index is 477. The highest BCUT2D eigenvalue weighted by Crippen LogP contribution is 2.33. The fourth-order valence-electron chi connectivity index (χ4n) is 3.20. The van der Waals surface area contributed by atoms with Crippen LogP contribution in [0.2, 0.25) is 0 Å². The third kappa shape index (κ3) is 3.50. The first kappa shape index (κ1) is 14.7. The van der Waals surface area contributed by atoms with Crippen LogP contribution in [0.5, 0.6) is 11.5 Å². The van der Waals surface area contributed by atoms with Crippen LogP contribution < -0.4 is 9.47 Å². The van der Waals surface area contributed by atoms with Crippen molar-refractivity contribution in [2.45, 2.75) is 44.8 Å². The van der Waals surface area contributed by atoms with Crippen LogP contribution in [0, 0.1) is 0 Å². The van der Waals surface area contributed by atoms with E-state index in [1.165, 1.54) is 25.7 Å². The van der Waals surface area contributed by atoms with Crippen molar-refractivity contribution in [1.82, 2.24) is 4.90 Å². The van der Waals surface area contributed by atoms with Gasteiger partial charge in [-0.1, -0.05) is 18.9 Å². The average Bonchev–Trinajstić information content (AvgIpc) is 2.72. The summed E-state index contributed by atoms with van der Waals surface area (Å²) >= 11 is 0. The zero-order chi connectivity index (χ0) is 14.7. The lowest BCUT2D eigenvalue weighted by molar-refractivity contribution is 0.0922. The molecular formula is C17H25NO3. The summed E-state index contributed by atoms with van der Waals surface area (Å²) in [4.78, 5) is 2.41. The number of hydrogen-bond acceptors (Lipinski definition) is 4. The number of benzene rings is 1. The van der Waals surface area contributed by atoms with Crippen molar-refractivity contribution >= 4 is 0 Å². The maximum Gasteiger partial charge on any atom is 0.161 e. The molecule has 0 amide bonds. The molecule has 4 heteroatoms. The van der Waals surface area contributed by atoms with Crippen LogP contribution >= 0.6 is 0 Å². The molecule has 116 valence electrons. The van der Waals surface area contributed by atoms with Crippen LogP contribution in [0.15, 0.2) is 18.2 Å². The molecule has 0 spiro atoms. The topological polar surface area (TPSA) is 41.9 Å². The minimum absolute atomic E-state index is 0.471. The lowest BCUT2D eigenvalue weighted by atomic mass is 10.1. The molecule has 4 nitrogen and oxygen atoms in total. The molecule has 0 saturated carbocycles. The van der Waals surface area contributed by atoms with E-state index >= 15 is 0 Å². The molecule has 2 aliphatic heterocycles. The van der Waals surface area contributed by atoms with Gasteiger partial charge in [-0.3, -0.25) is 4.90 Å². The van der Waals surface area contributed by atoms with Gasteiger partial charge in [0, 0.05) is 12.6 Å². The lowest BCUT2D eigenvalue weighted by Gasteiger charge is -2.29. The van der Waals surface area contributed by atoms with Crippen molar-refractivity contribution in [3.8, 4) is 11.5 Å². The zero-order valence-electron chi connectivity index (χ0n) is 12.8. The van der Waals surface area contributed by atoms with Crippen LogP contribution in [0.25, 0.3) is 0 Å². The summed E-state index contributed by atoms with van der Waals surface area (Å²) in [5.74, 6) is 1.53. The molecule has 0 aliphatic carbocycles. The average molecular weight is 291 g/mol. The molecule has 2 unspecified atom stereocenters. The Morgan fingerprint density at radius 1 is 1.19 bits per heavy atom. The Kier molecular flexibility index (Phi) is 4.66. The SMILES string of the molecule is CC1CCCCCN1CC(O)c1ccc2c(c1)OCCO2. The molecule has 2 heterocycles. The number of aliphatic hydroxyl groups excluding tert-OH is 1. The molecule has 1 aromatic carbocycles. The van der Waals surface area contributed by atoms with Crippen molar-refractivity contribution in [2.24, 2.45) is 0 Å². The summed E-state index contributed by atoms with van der Waals surface area (Å²) in [6, 6.07) is 6.32. The smallest absolute Gasteiger partial charge is 0.161 e. The summed E-state index contributed by atoms with van der Waals surface area (Å²) in [5.41, 5.74) is 0.913. The van der Waals surface area contributed by atoms with E-state index in [1.807, 2.05) is 18.2 Å². The Morgan fingerprint density at radius 2 is 2.00 bits per heavy atom. The number of rotatable bonds is 3. The van der Waals surface area contributed by atoms with Crippen LogP contribution in [0.3, 0.4) is 0 Å². The number of aliphatic hydroxyl groups is 1. The lowest BCUT2D eigenvalue weighted by Crippen LogP contribution is -2.36. The van der Waals surface area contributed by atoms with Gasteiger partial charge in [0.2, 0.25) is 0 Å². The summed E-state index contributed by atoms with van der Waals surface area (Å²) in [5, 5.41) is 10.5. The Morgan fingerprint density at radius 3 is 2.86 bits per heavy atom. The first-order chi connectivity index (χ1) is 10.2. The molecule has 0 radical (unpaired) electrons. The van der Waals surface area contributed by atoms with Gasteiger partial charge in [0.15, 0.2) is 11.5 Å². The van der Waals surface area contributed by atoms with Gasteiger partial charge >= 0.3 is 0 Å². The fraction of sp³-hybridized carbons (Fsp3) is 0.647. The van der Waals surface area contributed by atoms with Gasteiger partial charge in [0.05, 0.1) is 6.10 Å². The molecule has 1 N–H and O–H groups in total. The van der Waals surface area contributed by atoms with Gasteiger partial charge in [-0.2, -0.15) is 0 Å². The third-order valence-electron chi connectivity index (χ3n) is 4.55. The van der Waals surface area contributed by atoms with Crippen molar-refractivity contribution < 1.29 is 14.6 Å². The standard InChI is InChI=1S/C17H25NO3/c1-13-5-3-2-4-8-18(13)12-15(19)14-6-7-16-17(11-14)21-10-9-20-16/h6-7,11,13,15,19H,2-5,8-10,12H2,1H3. The van der Waals surface area contributed by atoms with Crippen LogP contribution in [-0.2, 0) is 0 Å². The summed E-state index contributed by atoms with van der Waals surface area (Å²) in [6.45, 7) is 5.22. The molecule has 1 aromatic rings. The van der Waals surface area contributed by atoms with Gasteiger partial charge in [-0.15, -0.1) is 0 Å². The summed E-state index contributed by atoms with van der Waals surface area (Å²) < 4.78 is 11.1. The Hall–Kier alpha value is -1.26. The number of hydrogen-bond donors (Lipinski definition) is 1. The van der Waals surface area contributed by atoms with E-state index in [1.54, 1.807) is 0 Å². The predicted octanol–water partition coefficient (Wildman–Crippen LogP) is 2.76. The maximum atomic E-state index is 10.5. The first-order valence-electron chi connectivity index (χ1n) is 8.06. The van der Waals surface area contributed by atoms with Gasteiger partial charge in [0.1, 0.15) is 13.2 Å². The number of β-amino-alcohol motifs (C(OH)–C–C–N with tert-alkyl or cyclic N) is 1. The zero-order valence-corrected chi connectivity index (χ0v) is 12.8. The monoisotopic (exact) mass is 291 g/mol. The van der Waals surface area contributed by atoms with Gasteiger partial charge < -0.3 is 14.6 Å². The highest BCUT2D eigenvalue weighted by Gasteiger charge is 2.22. The number of fused-ring (bicyclic) bond motifs is 1. The van der Waals surface area contributed by atoms with E-state index in [4.69, 9.17) is 9.47 Å². The highest BCUT2D eigenvalue weighted by molar-refractivity contribution is 5.44. The van der Waals surface area contributed by atoms with E-state index in [-0.39, 0.29) is 0 Å². The number of ether oxygens (including phenoxy) is 2. The normalized spacial score (nSPS) is 24.4. The summed E-state index contributed by atoms with van der Waals surface area (Å²) in [7, 11) is 0. The molecule has 0 bridgehead atoms. The number of likely N-dealkylation sites (tertiary alicyclic amines) is 1. The van der Waals surface area contributed by atoms with Gasteiger partial charge in [-0.05, 0) is 44.0 Å². The molecular weight excluding hydrogens is 266 g/mol. The van der Waals surface area contributed by atoms with Crippen molar-refractivity contribution in [3.63, 3.8) is 0 Å². The maximum absolute atomic E-state index is 10.5. The van der Waals surface area contributed by atoms with Crippen molar-refractivity contribution in [1.29, 1.82) is 0 Å². The molecule has 1 saturated heterocycles. The molecule has 2 aliphatic rings. The predicted molar refractivity (Wildman–Crippen MR) is 81.9 cm³/mol. The Balaban J connectivity index is 1.68. The third-order valence-corrected chi connectivity index (χ3v) is 4.55. The quantitative estimate of drug-likeness (QED) is 0.930. The molecule has 2 atom stereocenters. The van der Waals surface area contributed by atoms with E-state index in [0.29, 0.717) is 25.8 Å². The number of nitrogens with zero attached hydrogens (tertiary/aromatic N) is 1. The second kappa shape index (κ2) is 6.67. The second-order valence-corrected chi connectivity index (χ2v) is 6.11.